The van der Waals surface area contributed by atoms with Gasteiger partial charge in [-0.15, -0.1) is 0 Å². The summed E-state index contributed by atoms with van der Waals surface area (Å²) >= 11 is 0. The lowest BCUT2D eigenvalue weighted by molar-refractivity contribution is 0.283. The van der Waals surface area contributed by atoms with Gasteiger partial charge in [0.2, 0.25) is 0 Å². The molecule has 0 aromatic heterocycles. The van der Waals surface area contributed by atoms with Crippen LogP contribution >= 0.6 is 0 Å². The fourth-order valence-electron chi connectivity index (χ4n) is 4.15. The normalized spacial score (nSPS) is 31.4. The van der Waals surface area contributed by atoms with Crippen molar-refractivity contribution < 1.29 is 0 Å². The van der Waals surface area contributed by atoms with E-state index >= 15 is 0 Å². The Balaban J connectivity index is 1.79. The molecule has 0 saturated heterocycles. The number of hydrogen-bond donors (Lipinski definition) is 1. The van der Waals surface area contributed by atoms with E-state index in [9.17, 15) is 0 Å². The minimum Gasteiger partial charge on any atom is -0.311 e. The summed E-state index contributed by atoms with van der Waals surface area (Å²) in [6.45, 7) is 7.35. The van der Waals surface area contributed by atoms with Crippen molar-refractivity contribution in [3.05, 3.63) is 0 Å². The average Bonchev–Trinajstić information content (AvgIpc) is 2.71. The lowest BCUT2D eigenvalue weighted by atomic mass is 9.85. The topological polar surface area (TPSA) is 12.0 Å². The van der Waals surface area contributed by atoms with Gasteiger partial charge in [-0.3, -0.25) is 0 Å². The minimum absolute atomic E-state index is 0.585. The molecule has 2 aliphatic rings. The van der Waals surface area contributed by atoms with E-state index in [2.05, 4.69) is 26.1 Å². The molecule has 0 aromatic carbocycles. The predicted octanol–water partition coefficient (Wildman–Crippen LogP) is 5.29. The molecule has 1 nitrogen and oxygen atoms in total. The van der Waals surface area contributed by atoms with Crippen LogP contribution < -0.4 is 5.32 Å². The largest absolute Gasteiger partial charge is 0.311 e. The quantitative estimate of drug-likeness (QED) is 0.683. The molecule has 0 heterocycles. The highest BCUT2D eigenvalue weighted by Crippen LogP contribution is 2.34. The Morgan fingerprint density at radius 1 is 0.842 bits per heavy atom. The highest BCUT2D eigenvalue weighted by Gasteiger charge is 2.26. The molecule has 19 heavy (non-hydrogen) atoms. The van der Waals surface area contributed by atoms with Gasteiger partial charge in [0, 0.05) is 12.1 Å². The lowest BCUT2D eigenvalue weighted by Crippen LogP contribution is -2.40. The van der Waals surface area contributed by atoms with Crippen molar-refractivity contribution in [3.63, 3.8) is 0 Å². The van der Waals surface area contributed by atoms with E-state index in [0.29, 0.717) is 5.41 Å². The van der Waals surface area contributed by atoms with Gasteiger partial charge < -0.3 is 5.32 Å². The second kappa shape index (κ2) is 7.11. The third-order valence-corrected chi connectivity index (χ3v) is 5.68. The van der Waals surface area contributed by atoms with Crippen LogP contribution in [-0.2, 0) is 0 Å². The summed E-state index contributed by atoms with van der Waals surface area (Å²) in [6, 6.07) is 1.53. The molecule has 0 bridgehead atoms. The van der Waals surface area contributed by atoms with Crippen LogP contribution in [0.5, 0.6) is 0 Å². The zero-order valence-corrected chi connectivity index (χ0v) is 13.5. The molecule has 112 valence electrons. The van der Waals surface area contributed by atoms with Crippen LogP contribution in [0.3, 0.4) is 0 Å². The van der Waals surface area contributed by atoms with Gasteiger partial charge in [-0.2, -0.15) is 0 Å². The van der Waals surface area contributed by atoms with E-state index in [0.717, 1.165) is 18.0 Å². The van der Waals surface area contributed by atoms with Gasteiger partial charge >= 0.3 is 0 Å². The van der Waals surface area contributed by atoms with Crippen LogP contribution in [0.15, 0.2) is 0 Å². The predicted molar refractivity (Wildman–Crippen MR) is 84.4 cm³/mol. The Kier molecular flexibility index (Phi) is 5.74. The second-order valence-corrected chi connectivity index (χ2v) is 8.00. The standard InChI is InChI=1S/C18H35N/c1-15(16-9-6-4-5-7-10-16)19-17-11-8-13-18(2,3)14-12-17/h15-17,19H,4-14H2,1-3H3/t15-,17?/m1/s1. The summed E-state index contributed by atoms with van der Waals surface area (Å²) in [6.07, 6.45) is 15.8. The molecule has 0 aromatic rings. The maximum absolute atomic E-state index is 3.99. The first-order chi connectivity index (χ1) is 9.07. The Hall–Kier alpha value is -0.0400. The van der Waals surface area contributed by atoms with E-state index in [1.807, 2.05) is 0 Å². The summed E-state index contributed by atoms with van der Waals surface area (Å²) in [7, 11) is 0. The Morgan fingerprint density at radius 2 is 1.53 bits per heavy atom. The SMILES string of the molecule is C[C@@H](NC1CCCC(C)(C)CC1)C1CCCCCC1. The van der Waals surface area contributed by atoms with Gasteiger partial charge in [0.25, 0.3) is 0 Å². The Labute approximate surface area is 120 Å². The van der Waals surface area contributed by atoms with Crippen molar-refractivity contribution in [2.75, 3.05) is 0 Å². The number of nitrogens with one attached hydrogen (secondary N) is 1. The third kappa shape index (κ3) is 5.10. The summed E-state index contributed by atoms with van der Waals surface area (Å²) in [4.78, 5) is 0. The molecule has 0 spiro atoms. The van der Waals surface area contributed by atoms with Crippen LogP contribution in [0.1, 0.15) is 91.4 Å². The van der Waals surface area contributed by atoms with Gasteiger partial charge in [-0.05, 0) is 56.8 Å². The molecule has 1 unspecified atom stereocenters. The zero-order chi connectivity index (χ0) is 13.7. The van der Waals surface area contributed by atoms with Gasteiger partial charge in [0.05, 0.1) is 0 Å². The fraction of sp³-hybridized carbons (Fsp3) is 1.00. The second-order valence-electron chi connectivity index (χ2n) is 8.00. The first-order valence-corrected chi connectivity index (χ1v) is 8.83. The van der Waals surface area contributed by atoms with E-state index in [1.54, 1.807) is 0 Å². The van der Waals surface area contributed by atoms with Gasteiger partial charge in [-0.1, -0.05) is 46.0 Å². The van der Waals surface area contributed by atoms with Crippen LogP contribution in [0.4, 0.5) is 0 Å². The van der Waals surface area contributed by atoms with Gasteiger partial charge in [-0.25, -0.2) is 0 Å². The molecule has 2 aliphatic carbocycles. The van der Waals surface area contributed by atoms with Crippen molar-refractivity contribution >= 4 is 0 Å². The Morgan fingerprint density at radius 3 is 2.21 bits per heavy atom. The maximum Gasteiger partial charge on any atom is 0.00698 e. The van der Waals surface area contributed by atoms with Crippen molar-refractivity contribution in [2.45, 2.75) is 103 Å². The Bertz CT molecular complexity index is 250. The summed E-state index contributed by atoms with van der Waals surface area (Å²) < 4.78 is 0. The molecule has 1 N–H and O–H groups in total. The number of rotatable bonds is 3. The van der Waals surface area contributed by atoms with E-state index in [4.69, 9.17) is 0 Å². The summed E-state index contributed by atoms with van der Waals surface area (Å²) in [5.41, 5.74) is 0.585. The molecular weight excluding hydrogens is 230 g/mol. The van der Waals surface area contributed by atoms with Crippen LogP contribution in [0, 0.1) is 11.3 Å². The monoisotopic (exact) mass is 265 g/mol. The van der Waals surface area contributed by atoms with E-state index < -0.39 is 0 Å². The van der Waals surface area contributed by atoms with Crippen molar-refractivity contribution in [1.29, 1.82) is 0 Å². The van der Waals surface area contributed by atoms with Crippen LogP contribution in [0.2, 0.25) is 0 Å². The van der Waals surface area contributed by atoms with Crippen LogP contribution in [-0.4, -0.2) is 12.1 Å². The molecule has 0 radical (unpaired) electrons. The molecular formula is C18H35N. The maximum atomic E-state index is 3.99. The first kappa shape index (κ1) is 15.4. The molecule has 0 amide bonds. The zero-order valence-electron chi connectivity index (χ0n) is 13.5. The highest BCUT2D eigenvalue weighted by atomic mass is 14.9. The van der Waals surface area contributed by atoms with Crippen LogP contribution in [0.25, 0.3) is 0 Å². The van der Waals surface area contributed by atoms with Crippen molar-refractivity contribution in [1.82, 2.24) is 5.32 Å². The molecule has 2 rings (SSSR count). The number of hydrogen-bond acceptors (Lipinski definition) is 1. The molecule has 2 saturated carbocycles. The summed E-state index contributed by atoms with van der Waals surface area (Å²) in [5, 5.41) is 3.99. The average molecular weight is 265 g/mol. The summed E-state index contributed by atoms with van der Waals surface area (Å²) in [5.74, 6) is 0.943. The van der Waals surface area contributed by atoms with Gasteiger partial charge in [0.15, 0.2) is 0 Å². The molecule has 2 atom stereocenters. The minimum atomic E-state index is 0.585. The molecule has 1 heteroatoms. The van der Waals surface area contributed by atoms with E-state index in [-0.39, 0.29) is 0 Å². The van der Waals surface area contributed by atoms with Gasteiger partial charge in [0.1, 0.15) is 0 Å². The smallest absolute Gasteiger partial charge is 0.00698 e. The molecule has 0 aliphatic heterocycles. The molecule has 2 fully saturated rings. The lowest BCUT2D eigenvalue weighted by Gasteiger charge is -2.29. The van der Waals surface area contributed by atoms with Crippen molar-refractivity contribution in [2.24, 2.45) is 11.3 Å². The fourth-order valence-corrected chi connectivity index (χ4v) is 4.15. The van der Waals surface area contributed by atoms with Crippen molar-refractivity contribution in [3.8, 4) is 0 Å². The first-order valence-electron chi connectivity index (χ1n) is 8.83. The third-order valence-electron chi connectivity index (χ3n) is 5.68. The van der Waals surface area contributed by atoms with E-state index in [1.165, 1.54) is 70.6 Å². The highest BCUT2D eigenvalue weighted by molar-refractivity contribution is 4.83.